The van der Waals surface area contributed by atoms with Gasteiger partial charge in [-0.05, 0) is 31.2 Å². The molecule has 1 unspecified atom stereocenters. The highest BCUT2D eigenvalue weighted by molar-refractivity contribution is 6.18. The van der Waals surface area contributed by atoms with Gasteiger partial charge in [-0.3, -0.25) is 4.79 Å². The smallest absolute Gasteiger partial charge is 0.387 e. The van der Waals surface area contributed by atoms with Gasteiger partial charge in [0.1, 0.15) is 5.75 Å². The molecule has 0 aliphatic rings. The molecule has 0 radical (unpaired) electrons. The summed E-state index contributed by atoms with van der Waals surface area (Å²) in [5.74, 6) is 0.135. The molecule has 0 aliphatic carbocycles. The number of carbonyl (C=O) groups excluding carboxylic acids is 1. The van der Waals surface area contributed by atoms with Crippen LogP contribution in [0.15, 0.2) is 24.3 Å². The molecular weight excluding hydrogens is 264 g/mol. The van der Waals surface area contributed by atoms with Crippen LogP contribution in [0, 0.1) is 0 Å². The third-order valence-electron chi connectivity index (χ3n) is 2.53. The van der Waals surface area contributed by atoms with E-state index in [-0.39, 0.29) is 17.7 Å². The Hall–Kier alpha value is -1.36. The summed E-state index contributed by atoms with van der Waals surface area (Å²) in [6.07, 6.45) is 0. The van der Waals surface area contributed by atoms with E-state index in [1.807, 2.05) is 6.92 Å². The third kappa shape index (κ3) is 3.84. The predicted octanol–water partition coefficient (Wildman–Crippen LogP) is 2.99. The van der Waals surface area contributed by atoms with E-state index in [9.17, 15) is 13.6 Å². The Kier molecular flexibility index (Phi) is 5.34. The van der Waals surface area contributed by atoms with Crippen LogP contribution in [0.2, 0.25) is 0 Å². The quantitative estimate of drug-likeness (QED) is 0.775. The number of halogens is 3. The van der Waals surface area contributed by atoms with Gasteiger partial charge in [-0.2, -0.15) is 8.78 Å². The number of ether oxygens (including phenoxy) is 1. The summed E-state index contributed by atoms with van der Waals surface area (Å²) in [4.78, 5) is 13.5. The number of carbonyl (C=O) groups is 1. The molecule has 0 aromatic heterocycles. The van der Waals surface area contributed by atoms with Crippen molar-refractivity contribution in [3.63, 3.8) is 0 Å². The molecule has 1 aromatic rings. The molecule has 0 N–H and O–H groups in total. The van der Waals surface area contributed by atoms with E-state index in [4.69, 9.17) is 11.6 Å². The second kappa shape index (κ2) is 6.54. The number of benzene rings is 1. The van der Waals surface area contributed by atoms with Gasteiger partial charge < -0.3 is 9.64 Å². The van der Waals surface area contributed by atoms with Crippen LogP contribution in [0.5, 0.6) is 5.75 Å². The van der Waals surface area contributed by atoms with Crippen molar-refractivity contribution in [3.05, 3.63) is 29.8 Å². The molecule has 6 heteroatoms. The molecule has 1 atom stereocenters. The Balaban J connectivity index is 2.75. The average Bonchev–Trinajstić information content (AvgIpc) is 2.36. The fraction of sp³-hybridized carbons (Fsp3) is 0.417. The summed E-state index contributed by atoms with van der Waals surface area (Å²) in [6.45, 7) is -1.05. The van der Waals surface area contributed by atoms with Crippen LogP contribution < -0.4 is 4.74 Å². The molecule has 0 spiro atoms. The molecule has 3 nitrogen and oxygen atoms in total. The van der Waals surface area contributed by atoms with Crippen molar-refractivity contribution in [2.24, 2.45) is 0 Å². The van der Waals surface area contributed by atoms with Crippen molar-refractivity contribution < 1.29 is 18.3 Å². The molecule has 0 heterocycles. The largest absolute Gasteiger partial charge is 0.435 e. The Labute approximate surface area is 109 Å². The van der Waals surface area contributed by atoms with Crippen LogP contribution in [0.25, 0.3) is 0 Å². The van der Waals surface area contributed by atoms with Crippen LogP contribution in [-0.2, 0) is 0 Å². The molecule has 0 aliphatic heterocycles. The highest BCUT2D eigenvalue weighted by Crippen LogP contribution is 2.16. The molecule has 1 amide bonds. The lowest BCUT2D eigenvalue weighted by atomic mass is 10.2. The number of amides is 1. The van der Waals surface area contributed by atoms with Crippen LogP contribution in [0.1, 0.15) is 17.3 Å². The van der Waals surface area contributed by atoms with Gasteiger partial charge in [0.25, 0.3) is 5.91 Å². The maximum Gasteiger partial charge on any atom is 0.387 e. The first kappa shape index (κ1) is 14.7. The van der Waals surface area contributed by atoms with Gasteiger partial charge in [0.2, 0.25) is 0 Å². The van der Waals surface area contributed by atoms with E-state index in [0.29, 0.717) is 11.4 Å². The molecule has 18 heavy (non-hydrogen) atoms. The summed E-state index contributed by atoms with van der Waals surface area (Å²) in [5, 5.41) is 0. The second-order valence-electron chi connectivity index (χ2n) is 3.82. The third-order valence-corrected chi connectivity index (χ3v) is 2.98. The van der Waals surface area contributed by atoms with Crippen molar-refractivity contribution >= 4 is 17.5 Å². The topological polar surface area (TPSA) is 29.5 Å². The minimum absolute atomic E-state index is 0.0228. The van der Waals surface area contributed by atoms with Crippen molar-refractivity contribution in [1.29, 1.82) is 0 Å². The minimum Gasteiger partial charge on any atom is -0.435 e. The number of alkyl halides is 3. The van der Waals surface area contributed by atoms with E-state index < -0.39 is 6.61 Å². The lowest BCUT2D eigenvalue weighted by Crippen LogP contribution is -2.36. The molecule has 1 rings (SSSR count). The maximum atomic E-state index is 12.0. The van der Waals surface area contributed by atoms with Crippen LogP contribution >= 0.6 is 11.6 Å². The average molecular weight is 278 g/mol. The van der Waals surface area contributed by atoms with E-state index in [2.05, 4.69) is 4.74 Å². The van der Waals surface area contributed by atoms with Crippen LogP contribution in [-0.4, -0.2) is 36.4 Å². The number of rotatable bonds is 5. The summed E-state index contributed by atoms with van der Waals surface area (Å²) in [7, 11) is 1.64. The van der Waals surface area contributed by atoms with Gasteiger partial charge in [-0.25, -0.2) is 0 Å². The zero-order chi connectivity index (χ0) is 13.7. The second-order valence-corrected chi connectivity index (χ2v) is 4.13. The molecule has 0 saturated heterocycles. The van der Waals surface area contributed by atoms with Crippen molar-refractivity contribution in [2.75, 3.05) is 12.9 Å². The Morgan fingerprint density at radius 1 is 1.39 bits per heavy atom. The zero-order valence-electron chi connectivity index (χ0n) is 10.1. The monoisotopic (exact) mass is 277 g/mol. The van der Waals surface area contributed by atoms with Crippen LogP contribution in [0.4, 0.5) is 8.78 Å². The van der Waals surface area contributed by atoms with E-state index in [0.717, 1.165) is 0 Å². The van der Waals surface area contributed by atoms with Crippen molar-refractivity contribution in [3.8, 4) is 5.75 Å². The highest BCUT2D eigenvalue weighted by atomic mass is 35.5. The maximum absolute atomic E-state index is 12.0. The van der Waals surface area contributed by atoms with Gasteiger partial charge in [0.15, 0.2) is 0 Å². The first-order valence-corrected chi connectivity index (χ1v) is 5.87. The van der Waals surface area contributed by atoms with Gasteiger partial charge in [-0.1, -0.05) is 0 Å². The summed E-state index contributed by atoms with van der Waals surface area (Å²) in [5.41, 5.74) is 0.399. The van der Waals surface area contributed by atoms with Gasteiger partial charge >= 0.3 is 6.61 Å². The highest BCUT2D eigenvalue weighted by Gasteiger charge is 2.16. The summed E-state index contributed by atoms with van der Waals surface area (Å²) >= 11 is 5.66. The van der Waals surface area contributed by atoms with Gasteiger partial charge in [-0.15, -0.1) is 11.6 Å². The first-order valence-electron chi connectivity index (χ1n) is 5.33. The minimum atomic E-state index is -2.87. The van der Waals surface area contributed by atoms with Gasteiger partial charge in [0, 0.05) is 24.5 Å². The predicted molar refractivity (Wildman–Crippen MR) is 65.3 cm³/mol. The zero-order valence-corrected chi connectivity index (χ0v) is 10.8. The lowest BCUT2D eigenvalue weighted by Gasteiger charge is -2.23. The Morgan fingerprint density at radius 3 is 2.39 bits per heavy atom. The molecule has 1 aromatic carbocycles. The lowest BCUT2D eigenvalue weighted by molar-refractivity contribution is -0.0498. The molecule has 0 saturated carbocycles. The normalized spacial score (nSPS) is 12.3. The van der Waals surface area contributed by atoms with Crippen LogP contribution in [0.3, 0.4) is 0 Å². The number of hydrogen-bond donors (Lipinski definition) is 0. The van der Waals surface area contributed by atoms with Crippen molar-refractivity contribution in [1.82, 2.24) is 4.90 Å². The fourth-order valence-corrected chi connectivity index (χ4v) is 1.49. The number of hydrogen-bond acceptors (Lipinski definition) is 2. The Bertz CT molecular complexity index is 398. The SMILES string of the molecule is CC(CCl)N(C)C(=O)c1ccc(OC(F)F)cc1. The van der Waals surface area contributed by atoms with E-state index in [1.165, 1.54) is 29.2 Å². The summed E-state index contributed by atoms with van der Waals surface area (Å²) in [6, 6.07) is 5.45. The van der Waals surface area contributed by atoms with Crippen molar-refractivity contribution in [2.45, 2.75) is 19.6 Å². The van der Waals surface area contributed by atoms with E-state index in [1.54, 1.807) is 7.05 Å². The van der Waals surface area contributed by atoms with Gasteiger partial charge in [0.05, 0.1) is 0 Å². The fourth-order valence-electron chi connectivity index (χ4n) is 1.29. The molecule has 100 valence electrons. The Morgan fingerprint density at radius 2 is 1.94 bits per heavy atom. The molecular formula is C12H14ClF2NO2. The summed E-state index contributed by atoms with van der Waals surface area (Å²) < 4.78 is 28.1. The first-order chi connectivity index (χ1) is 8.45. The molecule has 0 fully saturated rings. The van der Waals surface area contributed by atoms with E-state index >= 15 is 0 Å². The molecule has 0 bridgehead atoms. The standard InChI is InChI=1S/C12H14ClF2NO2/c1-8(7-13)16(2)11(17)9-3-5-10(6-4-9)18-12(14)15/h3-6,8,12H,7H2,1-2H3. The number of nitrogens with zero attached hydrogens (tertiary/aromatic N) is 1.